The van der Waals surface area contributed by atoms with Crippen molar-refractivity contribution in [1.82, 2.24) is 4.57 Å². The van der Waals surface area contributed by atoms with E-state index in [-0.39, 0.29) is 10.8 Å². The van der Waals surface area contributed by atoms with E-state index in [4.69, 9.17) is 4.74 Å². The van der Waals surface area contributed by atoms with Crippen LogP contribution in [-0.2, 0) is 18.8 Å². The second kappa shape index (κ2) is 9.77. The Morgan fingerprint density at radius 2 is 2.00 bits per heavy atom. The number of hydrogen-bond donors (Lipinski definition) is 1. The third kappa shape index (κ3) is 5.73. The fourth-order valence-corrected chi connectivity index (χ4v) is 2.15. The van der Waals surface area contributed by atoms with Crippen molar-refractivity contribution in [2.75, 3.05) is 18.5 Å². The van der Waals surface area contributed by atoms with Crippen molar-refractivity contribution in [2.24, 2.45) is 24.3 Å². The Morgan fingerprint density at radius 3 is 2.67 bits per heavy atom. The Morgan fingerprint density at radius 1 is 1.25 bits per heavy atom. The fraction of sp³-hybridized carbons (Fsp3) is 0.471. The second-order valence-electron chi connectivity index (χ2n) is 5.74. The molecule has 7 heteroatoms. The first-order valence-electron chi connectivity index (χ1n) is 7.95. The van der Waals surface area contributed by atoms with Gasteiger partial charge in [0.1, 0.15) is 5.69 Å². The minimum atomic E-state index is 0. The molecule has 6 nitrogen and oxygen atoms in total. The van der Waals surface area contributed by atoms with Crippen molar-refractivity contribution in [1.29, 1.82) is 0 Å². The molecule has 2 rings (SSSR count). The smallest absolute Gasteiger partial charge is 0.421 e. The van der Waals surface area contributed by atoms with Gasteiger partial charge < -0.3 is 14.8 Å². The van der Waals surface area contributed by atoms with Gasteiger partial charge in [-0.25, -0.2) is 9.13 Å². The van der Waals surface area contributed by atoms with Gasteiger partial charge >= 0.3 is 5.95 Å². The normalized spacial score (nSPS) is 11.0. The van der Waals surface area contributed by atoms with E-state index in [1.54, 1.807) is 0 Å². The molecule has 1 heterocycles. The highest BCUT2D eigenvalue weighted by atomic mass is 19.0. The van der Waals surface area contributed by atoms with Gasteiger partial charge in [-0.3, -0.25) is 0 Å². The lowest BCUT2D eigenvalue weighted by Crippen LogP contribution is -3.00. The van der Waals surface area contributed by atoms with E-state index in [9.17, 15) is 0 Å². The number of halogens is 1. The maximum absolute atomic E-state index is 5.55. The number of azo groups is 1. The zero-order valence-corrected chi connectivity index (χ0v) is 14.7. The average Bonchev–Trinajstić information content (AvgIpc) is 2.84. The Bertz CT molecular complexity index is 635. The summed E-state index contributed by atoms with van der Waals surface area (Å²) in [6, 6.07) is 7.93. The van der Waals surface area contributed by atoms with Gasteiger partial charge in [0, 0.05) is 18.3 Å². The summed E-state index contributed by atoms with van der Waals surface area (Å²) in [5, 5.41) is 12.1. The minimum absolute atomic E-state index is 0. The molecule has 132 valence electrons. The summed E-state index contributed by atoms with van der Waals surface area (Å²) in [5.74, 6) is 0.796. The van der Waals surface area contributed by atoms with Gasteiger partial charge in [-0.1, -0.05) is 17.2 Å². The minimum Gasteiger partial charge on any atom is -1.00 e. The highest BCUT2D eigenvalue weighted by Gasteiger charge is 2.11. The topological polar surface area (TPSA) is 54.8 Å². The van der Waals surface area contributed by atoms with Crippen LogP contribution in [0.4, 0.5) is 17.3 Å². The lowest BCUT2D eigenvalue weighted by Gasteiger charge is -2.09. The van der Waals surface area contributed by atoms with Gasteiger partial charge in [-0.05, 0) is 32.4 Å². The van der Waals surface area contributed by atoms with E-state index in [0.717, 1.165) is 36.9 Å². The molecule has 0 atom stereocenters. The summed E-state index contributed by atoms with van der Waals surface area (Å²) >= 11 is 0. The Balaban J connectivity index is 0.00000288. The molecule has 0 saturated carbocycles. The second-order valence-corrected chi connectivity index (χ2v) is 5.74. The van der Waals surface area contributed by atoms with E-state index in [2.05, 4.69) is 15.5 Å². The molecule has 0 radical (unpaired) electrons. The monoisotopic (exact) mass is 335 g/mol. The van der Waals surface area contributed by atoms with Gasteiger partial charge in [-0.2, -0.15) is 0 Å². The molecule has 0 aliphatic rings. The summed E-state index contributed by atoms with van der Waals surface area (Å²) in [5.41, 5.74) is 1.82. The van der Waals surface area contributed by atoms with Crippen LogP contribution < -0.4 is 14.6 Å². The largest absolute Gasteiger partial charge is 1.00 e. The number of aromatic nitrogens is 2. The van der Waals surface area contributed by atoms with Gasteiger partial charge in [0.05, 0.1) is 38.3 Å². The zero-order valence-electron chi connectivity index (χ0n) is 14.7. The third-order valence-electron chi connectivity index (χ3n) is 3.38. The maximum Gasteiger partial charge on any atom is 0.421 e. The van der Waals surface area contributed by atoms with Crippen molar-refractivity contribution < 1.29 is 14.0 Å². The van der Waals surface area contributed by atoms with Crippen LogP contribution in [0.15, 0.2) is 46.9 Å². The van der Waals surface area contributed by atoms with E-state index >= 15 is 0 Å². The molecule has 0 unspecified atom stereocenters. The number of para-hydroxylation sites is 1. The Hall–Kier alpha value is -2.28. The number of ether oxygens (including phenoxy) is 1. The first-order chi connectivity index (χ1) is 11.1. The molecular formula is C17H26FN5O. The van der Waals surface area contributed by atoms with Crippen molar-refractivity contribution in [2.45, 2.75) is 26.4 Å². The van der Waals surface area contributed by atoms with Crippen LogP contribution in [0.2, 0.25) is 0 Å². The number of hydrogen-bond acceptors (Lipinski definition) is 4. The predicted molar refractivity (Wildman–Crippen MR) is 91.4 cm³/mol. The molecule has 0 bridgehead atoms. The van der Waals surface area contributed by atoms with Gasteiger partial charge in [0.2, 0.25) is 0 Å². The number of rotatable bonds is 8. The van der Waals surface area contributed by atoms with Crippen molar-refractivity contribution >= 4 is 17.3 Å². The Labute approximate surface area is 142 Å². The van der Waals surface area contributed by atoms with Crippen LogP contribution in [0.5, 0.6) is 0 Å². The first-order valence-corrected chi connectivity index (χ1v) is 7.95. The summed E-state index contributed by atoms with van der Waals surface area (Å²) in [7, 11) is 3.90. The van der Waals surface area contributed by atoms with E-state index in [1.807, 2.05) is 73.7 Å². The molecule has 1 aromatic carbocycles. The van der Waals surface area contributed by atoms with Crippen LogP contribution >= 0.6 is 0 Å². The number of aryl methyl sites for hydroxylation is 2. The highest BCUT2D eigenvalue weighted by molar-refractivity contribution is 5.64. The third-order valence-corrected chi connectivity index (χ3v) is 3.38. The summed E-state index contributed by atoms with van der Waals surface area (Å²) in [4.78, 5) is 0. The number of nitrogens with one attached hydrogen (secondary N) is 1. The quantitative estimate of drug-likeness (QED) is 0.434. The lowest BCUT2D eigenvalue weighted by atomic mass is 10.2. The average molecular weight is 335 g/mol. The van der Waals surface area contributed by atoms with Crippen molar-refractivity contribution in [3.8, 4) is 0 Å². The molecule has 0 aliphatic heterocycles. The molecule has 0 amide bonds. The molecule has 1 N–H and O–H groups in total. The lowest BCUT2D eigenvalue weighted by molar-refractivity contribution is -0.657. The molecule has 2 aromatic rings. The SMILES string of the molecule is CC(C)OCCCNc1ccccc1N=Nc1n(C)cc[n+]1C.[F-]. The van der Waals surface area contributed by atoms with Crippen LogP contribution in [0.3, 0.4) is 0 Å². The van der Waals surface area contributed by atoms with Gasteiger partial charge in [0.15, 0.2) is 0 Å². The number of benzene rings is 1. The molecule has 0 fully saturated rings. The van der Waals surface area contributed by atoms with Crippen molar-refractivity contribution in [3.05, 3.63) is 36.7 Å². The van der Waals surface area contributed by atoms with Crippen LogP contribution in [0.25, 0.3) is 0 Å². The number of anilines is 1. The summed E-state index contributed by atoms with van der Waals surface area (Å²) in [6.45, 7) is 5.70. The molecule has 0 spiro atoms. The number of imidazole rings is 1. The maximum atomic E-state index is 5.55. The number of nitrogens with zero attached hydrogens (tertiary/aromatic N) is 4. The fourth-order valence-electron chi connectivity index (χ4n) is 2.15. The van der Waals surface area contributed by atoms with Gasteiger partial charge in [0.25, 0.3) is 0 Å². The molecule has 0 aliphatic carbocycles. The molecule has 0 saturated heterocycles. The van der Waals surface area contributed by atoms with Crippen LogP contribution in [0.1, 0.15) is 20.3 Å². The van der Waals surface area contributed by atoms with Gasteiger partial charge in [-0.15, -0.1) is 0 Å². The van der Waals surface area contributed by atoms with Crippen LogP contribution in [0, 0.1) is 0 Å². The first kappa shape index (κ1) is 19.8. The summed E-state index contributed by atoms with van der Waals surface area (Å²) in [6.07, 6.45) is 5.14. The standard InChI is InChI=1S/C17H25N5O.FH/c1-14(2)23-13-7-10-18-15-8-5-6-9-16(15)19-20-17-21(3)11-12-22(17)4;/h5-6,8-9,11-12,14H,7,10,13H2,1-4H3;1H. The molecule has 24 heavy (non-hydrogen) atoms. The predicted octanol–water partition coefficient (Wildman–Crippen LogP) is 0.496. The highest BCUT2D eigenvalue weighted by Crippen LogP contribution is 2.25. The van der Waals surface area contributed by atoms with E-state index < -0.39 is 0 Å². The Kier molecular flexibility index (Phi) is 8.05. The van der Waals surface area contributed by atoms with Crippen LogP contribution in [-0.4, -0.2) is 23.8 Å². The van der Waals surface area contributed by atoms with Crippen molar-refractivity contribution in [3.63, 3.8) is 0 Å². The molecule has 1 aromatic heterocycles. The van der Waals surface area contributed by atoms with E-state index in [0.29, 0.717) is 0 Å². The molecular weight excluding hydrogens is 309 g/mol. The van der Waals surface area contributed by atoms with E-state index in [1.165, 1.54) is 0 Å². The summed E-state index contributed by atoms with van der Waals surface area (Å²) < 4.78 is 9.41. The zero-order chi connectivity index (χ0) is 16.7.